The molecule has 1 unspecified atom stereocenters. The maximum Gasteiger partial charge on any atom is 0.294 e. The zero-order valence-electron chi connectivity index (χ0n) is 29.9. The van der Waals surface area contributed by atoms with E-state index in [0.29, 0.717) is 28.1 Å². The smallest absolute Gasteiger partial charge is 0.286 e. The van der Waals surface area contributed by atoms with E-state index < -0.39 is 68.7 Å². The lowest BCUT2D eigenvalue weighted by Gasteiger charge is -2.25. The van der Waals surface area contributed by atoms with E-state index >= 15 is 0 Å². The Morgan fingerprint density at radius 3 is 1.91 bits per heavy atom. The lowest BCUT2D eigenvalue weighted by molar-refractivity contribution is -0.432. The summed E-state index contributed by atoms with van der Waals surface area (Å²) in [6.07, 6.45) is 9.97. The number of hydrogen-bond donors (Lipinski definition) is 4. The minimum Gasteiger partial charge on any atom is -0.286 e. The summed E-state index contributed by atoms with van der Waals surface area (Å²) in [6.45, 7) is 9.34. The van der Waals surface area contributed by atoms with Crippen LogP contribution in [-0.2, 0) is 51.3 Å². The molecule has 288 valence electrons. The highest BCUT2D eigenvalue weighted by atomic mass is 32.2. The SMILES string of the molecule is CC1=C(/C=C/C2=[N+](CCS(=O)(=O)O)c3ccc(S(=O)(=O)O)cc3C2(C)C)CCC/C1=C\C=C1\C(CCS(=O)(=O)O)c2ccc(S(=O)(=O)O)cc2C1(C)C. The summed E-state index contributed by atoms with van der Waals surface area (Å²) in [5, 5.41) is 0. The van der Waals surface area contributed by atoms with E-state index in [1.807, 2.05) is 58.9 Å². The number of hydrogen-bond acceptors (Lipinski definition) is 8. The predicted molar refractivity (Wildman–Crippen MR) is 200 cm³/mol. The fourth-order valence-corrected chi connectivity index (χ4v) is 9.76. The van der Waals surface area contributed by atoms with E-state index in [1.54, 1.807) is 10.6 Å². The van der Waals surface area contributed by atoms with Crippen LogP contribution in [0.15, 0.2) is 92.8 Å². The third kappa shape index (κ3) is 8.67. The van der Waals surface area contributed by atoms with Crippen LogP contribution in [0.2, 0.25) is 0 Å². The van der Waals surface area contributed by atoms with Crippen LogP contribution >= 0.6 is 0 Å². The molecule has 1 heterocycles. The minimum absolute atomic E-state index is 0.0505. The molecule has 0 fully saturated rings. The second-order valence-electron chi connectivity index (χ2n) is 14.7. The first-order valence-electron chi connectivity index (χ1n) is 16.8. The van der Waals surface area contributed by atoms with E-state index in [2.05, 4.69) is 0 Å². The summed E-state index contributed by atoms with van der Waals surface area (Å²) in [5.41, 5.74) is 5.27. The van der Waals surface area contributed by atoms with E-state index in [1.165, 1.54) is 30.3 Å². The Hall–Kier alpha value is -3.29. The van der Waals surface area contributed by atoms with Gasteiger partial charge in [0.05, 0.1) is 21.0 Å². The van der Waals surface area contributed by atoms with Gasteiger partial charge in [-0.2, -0.15) is 38.2 Å². The molecule has 3 aliphatic rings. The standard InChI is InChI=1S/C36H43NO12S4/c1-23-24(9-14-30-29(17-19-50(38,39)40)28-13-11-26(52(44,45)46)21-31(28)35(30,2)3)7-6-8-25(23)10-16-34-36(4,5)32-22-27(53(47,48)49)12-15-33(32)37(34)18-20-51(41,42)43/h9-16,21-22,29H,6-8,17-20H2,1-5H3,(H3-,38,39,40,41,42,43,44,45,46,47,48,49)/p+1/b16-10+,24-9+,30-14-. The highest BCUT2D eigenvalue weighted by molar-refractivity contribution is 7.86. The van der Waals surface area contributed by atoms with Gasteiger partial charge in [-0.25, -0.2) is 0 Å². The van der Waals surface area contributed by atoms with Gasteiger partial charge in [0.25, 0.3) is 40.5 Å². The molecule has 13 nitrogen and oxygen atoms in total. The van der Waals surface area contributed by atoms with Crippen molar-refractivity contribution in [2.24, 2.45) is 0 Å². The molecule has 0 saturated heterocycles. The average molecular weight is 811 g/mol. The Balaban J connectivity index is 1.56. The van der Waals surface area contributed by atoms with E-state index in [9.17, 15) is 51.9 Å². The van der Waals surface area contributed by atoms with Gasteiger partial charge in [-0.15, -0.1) is 0 Å². The quantitative estimate of drug-likeness (QED) is 0.159. The lowest BCUT2D eigenvalue weighted by atomic mass is 9.79. The second kappa shape index (κ2) is 14.1. The molecule has 2 aromatic rings. The lowest BCUT2D eigenvalue weighted by Crippen LogP contribution is -2.29. The van der Waals surface area contributed by atoms with Crippen molar-refractivity contribution in [3.05, 3.63) is 99.7 Å². The third-order valence-electron chi connectivity index (χ3n) is 10.6. The number of allylic oxidation sites excluding steroid dienone is 8. The maximum atomic E-state index is 12.0. The summed E-state index contributed by atoms with van der Waals surface area (Å²) >= 11 is 0. The number of benzene rings is 2. The Kier molecular flexibility index (Phi) is 10.9. The van der Waals surface area contributed by atoms with Crippen molar-refractivity contribution < 1.29 is 56.5 Å². The van der Waals surface area contributed by atoms with Crippen LogP contribution in [0.3, 0.4) is 0 Å². The maximum absolute atomic E-state index is 12.0. The average Bonchev–Trinajstić information content (AvgIpc) is 3.37. The van der Waals surface area contributed by atoms with Gasteiger partial charge in [0.15, 0.2) is 12.3 Å². The van der Waals surface area contributed by atoms with Crippen LogP contribution in [0, 0.1) is 0 Å². The van der Waals surface area contributed by atoms with Crippen molar-refractivity contribution in [2.45, 2.75) is 86.8 Å². The molecule has 0 amide bonds. The number of fused-ring (bicyclic) bond motifs is 2. The molecule has 53 heavy (non-hydrogen) atoms. The van der Waals surface area contributed by atoms with Crippen LogP contribution in [0.4, 0.5) is 5.69 Å². The van der Waals surface area contributed by atoms with Crippen LogP contribution in [-0.4, -0.2) is 80.2 Å². The molecular formula is C36H44NO12S4+. The molecule has 5 rings (SSSR count). The van der Waals surface area contributed by atoms with E-state index in [-0.39, 0.29) is 22.8 Å². The summed E-state index contributed by atoms with van der Waals surface area (Å²) in [6, 6.07) is 8.35. The zero-order chi connectivity index (χ0) is 39.5. The highest BCUT2D eigenvalue weighted by Gasteiger charge is 2.45. The van der Waals surface area contributed by atoms with Gasteiger partial charge in [-0.3, -0.25) is 18.2 Å². The van der Waals surface area contributed by atoms with Gasteiger partial charge >= 0.3 is 0 Å². The van der Waals surface area contributed by atoms with Gasteiger partial charge < -0.3 is 0 Å². The Morgan fingerprint density at radius 2 is 1.32 bits per heavy atom. The molecule has 0 aromatic heterocycles. The third-order valence-corrected chi connectivity index (χ3v) is 13.8. The summed E-state index contributed by atoms with van der Waals surface area (Å²) < 4.78 is 135. The highest BCUT2D eigenvalue weighted by Crippen LogP contribution is 2.52. The Bertz CT molecular complexity index is 2490. The van der Waals surface area contributed by atoms with E-state index in [0.717, 1.165) is 41.6 Å². The van der Waals surface area contributed by atoms with Crippen molar-refractivity contribution in [3.8, 4) is 0 Å². The molecule has 0 bridgehead atoms. The number of rotatable bonds is 11. The topological polar surface area (TPSA) is 220 Å². The molecule has 0 radical (unpaired) electrons. The van der Waals surface area contributed by atoms with Gasteiger partial charge in [0, 0.05) is 29.0 Å². The molecule has 4 N–H and O–H groups in total. The zero-order valence-corrected chi connectivity index (χ0v) is 33.2. The van der Waals surface area contributed by atoms with Gasteiger partial charge in [-0.05, 0) is 98.6 Å². The van der Waals surface area contributed by atoms with Gasteiger partial charge in [0.1, 0.15) is 5.75 Å². The first kappa shape index (κ1) is 40.9. The van der Waals surface area contributed by atoms with Crippen molar-refractivity contribution in [1.29, 1.82) is 0 Å². The summed E-state index contributed by atoms with van der Waals surface area (Å²) in [7, 11) is -17.7. The second-order valence-corrected chi connectivity index (χ2v) is 20.7. The fraction of sp³-hybridized carbons (Fsp3) is 0.417. The monoisotopic (exact) mass is 810 g/mol. The van der Waals surface area contributed by atoms with Crippen molar-refractivity contribution in [2.75, 3.05) is 18.1 Å². The first-order chi connectivity index (χ1) is 24.2. The predicted octanol–water partition coefficient (Wildman–Crippen LogP) is 5.71. The molecule has 0 spiro atoms. The van der Waals surface area contributed by atoms with Crippen LogP contribution in [0.5, 0.6) is 0 Å². The minimum atomic E-state index is -4.52. The number of nitrogens with zero attached hydrogens (tertiary/aromatic N) is 1. The Morgan fingerprint density at radius 1 is 0.736 bits per heavy atom. The summed E-state index contributed by atoms with van der Waals surface area (Å²) in [4.78, 5) is -0.576. The van der Waals surface area contributed by atoms with Crippen LogP contribution in [0.1, 0.15) is 82.9 Å². The largest absolute Gasteiger partial charge is 0.294 e. The molecule has 0 saturated carbocycles. The van der Waals surface area contributed by atoms with Crippen molar-refractivity contribution >= 4 is 51.9 Å². The van der Waals surface area contributed by atoms with Gasteiger partial charge in [0.2, 0.25) is 5.69 Å². The molecular weight excluding hydrogens is 767 g/mol. The van der Waals surface area contributed by atoms with Gasteiger partial charge in [-0.1, -0.05) is 43.7 Å². The normalized spacial score (nSPS) is 21.9. The molecule has 2 aromatic carbocycles. The van der Waals surface area contributed by atoms with Crippen LogP contribution < -0.4 is 0 Å². The van der Waals surface area contributed by atoms with Crippen LogP contribution in [0.25, 0.3) is 0 Å². The van der Waals surface area contributed by atoms with E-state index in [4.69, 9.17) is 0 Å². The van der Waals surface area contributed by atoms with Crippen molar-refractivity contribution in [3.63, 3.8) is 0 Å². The first-order valence-corrected chi connectivity index (χ1v) is 22.9. The molecule has 17 heteroatoms. The van der Waals surface area contributed by atoms with Crippen molar-refractivity contribution in [1.82, 2.24) is 0 Å². The fourth-order valence-electron chi connectivity index (χ4n) is 7.80. The molecule has 1 aliphatic heterocycles. The molecule has 2 aliphatic carbocycles. The Labute approximate surface area is 311 Å². The summed E-state index contributed by atoms with van der Waals surface area (Å²) in [5.74, 6) is -1.54. The molecule has 1 atom stereocenters.